The van der Waals surface area contributed by atoms with Crippen LogP contribution in [0.4, 0.5) is 10.2 Å². The van der Waals surface area contributed by atoms with E-state index in [2.05, 4.69) is 25.3 Å². The summed E-state index contributed by atoms with van der Waals surface area (Å²) in [6, 6.07) is 1.94. The van der Waals surface area contributed by atoms with Crippen LogP contribution in [0.5, 0.6) is 0 Å². The summed E-state index contributed by atoms with van der Waals surface area (Å²) in [6.07, 6.45) is 2.18. The molecule has 1 amide bonds. The minimum absolute atomic E-state index is 0.0606. The molecule has 0 unspecified atom stereocenters. The van der Waals surface area contributed by atoms with Gasteiger partial charge in [-0.05, 0) is 6.92 Å². The van der Waals surface area contributed by atoms with E-state index in [1.807, 2.05) is 33.8 Å². The first-order valence-electron chi connectivity index (χ1n) is 8.58. The van der Waals surface area contributed by atoms with Crippen LogP contribution in [0.25, 0.3) is 5.78 Å². The fourth-order valence-electron chi connectivity index (χ4n) is 2.95. The zero-order chi connectivity index (χ0) is 18.2. The van der Waals surface area contributed by atoms with Crippen molar-refractivity contribution in [2.24, 2.45) is 5.41 Å². The predicted octanol–water partition coefficient (Wildman–Crippen LogP) is 1.90. The Labute approximate surface area is 146 Å². The van der Waals surface area contributed by atoms with Gasteiger partial charge in [0.2, 0.25) is 5.91 Å². The van der Waals surface area contributed by atoms with Crippen LogP contribution in [0.3, 0.4) is 0 Å². The van der Waals surface area contributed by atoms with Gasteiger partial charge < -0.3 is 10.2 Å². The maximum Gasteiger partial charge on any atom is 0.254 e. The molecule has 0 aromatic carbocycles. The molecular formula is C17H25FN6O. The van der Waals surface area contributed by atoms with Crippen molar-refractivity contribution in [1.29, 1.82) is 0 Å². The number of nitrogens with zero attached hydrogens (tertiary/aromatic N) is 5. The Balaban J connectivity index is 1.67. The Morgan fingerprint density at radius 3 is 2.68 bits per heavy atom. The van der Waals surface area contributed by atoms with Crippen molar-refractivity contribution in [3.05, 3.63) is 18.1 Å². The lowest BCUT2D eigenvalue weighted by Gasteiger charge is -2.37. The van der Waals surface area contributed by atoms with Crippen LogP contribution >= 0.6 is 0 Å². The van der Waals surface area contributed by atoms with Crippen molar-refractivity contribution in [3.63, 3.8) is 0 Å². The summed E-state index contributed by atoms with van der Waals surface area (Å²) in [5, 5.41) is 6.96. The van der Waals surface area contributed by atoms with Gasteiger partial charge in [-0.1, -0.05) is 20.8 Å². The molecule has 1 aliphatic rings. The highest BCUT2D eigenvalue weighted by molar-refractivity contribution is 5.81. The highest BCUT2D eigenvalue weighted by Crippen LogP contribution is 2.29. The highest BCUT2D eigenvalue weighted by Gasteiger charge is 2.36. The Morgan fingerprint density at radius 1 is 1.36 bits per heavy atom. The monoisotopic (exact) mass is 348 g/mol. The van der Waals surface area contributed by atoms with Crippen molar-refractivity contribution in [2.75, 3.05) is 24.5 Å². The molecule has 3 heterocycles. The Kier molecular flexibility index (Phi) is 4.38. The van der Waals surface area contributed by atoms with Crippen LogP contribution in [0.1, 0.15) is 39.3 Å². The number of aryl methyl sites for hydroxylation is 1. The molecule has 0 atom stereocenters. The van der Waals surface area contributed by atoms with Crippen LogP contribution in [0.2, 0.25) is 0 Å². The van der Waals surface area contributed by atoms with Gasteiger partial charge in [0, 0.05) is 43.1 Å². The van der Waals surface area contributed by atoms with Crippen molar-refractivity contribution in [2.45, 2.75) is 46.2 Å². The maximum atomic E-state index is 15.1. The smallest absolute Gasteiger partial charge is 0.254 e. The molecule has 2 aromatic heterocycles. The average Bonchev–Trinajstić information content (AvgIpc) is 3.00. The molecule has 0 saturated carbocycles. The molecule has 0 bridgehead atoms. The number of amides is 1. The van der Waals surface area contributed by atoms with Gasteiger partial charge in [-0.15, -0.1) is 0 Å². The third-order valence-electron chi connectivity index (χ3n) is 4.59. The number of alkyl halides is 1. The SMILES string of the molecule is Cc1cc(N2CCC(F)(CNC(=O)C(C)(C)C)CC2)n2ncnc2n1. The third-order valence-corrected chi connectivity index (χ3v) is 4.59. The van der Waals surface area contributed by atoms with Gasteiger partial charge in [-0.3, -0.25) is 4.79 Å². The van der Waals surface area contributed by atoms with Gasteiger partial charge in [0.25, 0.3) is 5.78 Å². The van der Waals surface area contributed by atoms with E-state index in [9.17, 15) is 4.79 Å². The quantitative estimate of drug-likeness (QED) is 0.917. The lowest BCUT2D eigenvalue weighted by atomic mass is 9.91. The van der Waals surface area contributed by atoms with Crippen LogP contribution in [-0.2, 0) is 4.79 Å². The summed E-state index contributed by atoms with van der Waals surface area (Å²) in [5.41, 5.74) is -1.03. The van der Waals surface area contributed by atoms with E-state index in [1.165, 1.54) is 6.33 Å². The summed E-state index contributed by atoms with van der Waals surface area (Å²) in [7, 11) is 0. The number of halogens is 1. The molecule has 3 rings (SSSR count). The van der Waals surface area contributed by atoms with Gasteiger partial charge in [0.05, 0.1) is 6.54 Å². The fourth-order valence-corrected chi connectivity index (χ4v) is 2.95. The van der Waals surface area contributed by atoms with Crippen LogP contribution in [-0.4, -0.2) is 50.8 Å². The van der Waals surface area contributed by atoms with E-state index in [1.54, 1.807) is 4.52 Å². The topological polar surface area (TPSA) is 75.4 Å². The zero-order valence-electron chi connectivity index (χ0n) is 15.2. The number of hydrogen-bond donors (Lipinski definition) is 1. The molecule has 7 nitrogen and oxygen atoms in total. The first-order chi connectivity index (χ1) is 11.7. The number of carbonyl (C=O) groups excluding carboxylic acids is 1. The molecule has 1 aliphatic heterocycles. The van der Waals surface area contributed by atoms with Crippen LogP contribution in [0.15, 0.2) is 12.4 Å². The molecule has 1 saturated heterocycles. The molecule has 25 heavy (non-hydrogen) atoms. The molecule has 2 aromatic rings. The Bertz CT molecular complexity index is 773. The molecule has 0 aliphatic carbocycles. The lowest BCUT2D eigenvalue weighted by molar-refractivity contribution is -0.129. The molecule has 136 valence electrons. The number of nitrogens with one attached hydrogen (secondary N) is 1. The third kappa shape index (κ3) is 3.72. The largest absolute Gasteiger partial charge is 0.356 e. The number of hydrogen-bond acceptors (Lipinski definition) is 5. The minimum Gasteiger partial charge on any atom is -0.356 e. The first kappa shape index (κ1) is 17.6. The van der Waals surface area contributed by atoms with Gasteiger partial charge in [0.15, 0.2) is 0 Å². The summed E-state index contributed by atoms with van der Waals surface area (Å²) in [5.74, 6) is 1.30. The second-order valence-electron chi connectivity index (χ2n) is 7.80. The average molecular weight is 348 g/mol. The molecular weight excluding hydrogens is 323 g/mol. The van der Waals surface area contributed by atoms with Crippen molar-refractivity contribution in [3.8, 4) is 0 Å². The van der Waals surface area contributed by atoms with Crippen molar-refractivity contribution in [1.82, 2.24) is 24.9 Å². The fraction of sp³-hybridized carbons (Fsp3) is 0.647. The minimum atomic E-state index is -1.37. The number of aromatic nitrogens is 4. The number of anilines is 1. The normalized spacial score (nSPS) is 17.7. The van der Waals surface area contributed by atoms with Gasteiger partial charge in [0.1, 0.15) is 17.8 Å². The van der Waals surface area contributed by atoms with Gasteiger partial charge in [-0.25, -0.2) is 9.37 Å². The highest BCUT2D eigenvalue weighted by atomic mass is 19.1. The van der Waals surface area contributed by atoms with Crippen molar-refractivity contribution < 1.29 is 9.18 Å². The summed E-state index contributed by atoms with van der Waals surface area (Å²) in [4.78, 5) is 22.5. The molecule has 1 fully saturated rings. The van der Waals surface area contributed by atoms with Crippen LogP contribution in [0, 0.1) is 12.3 Å². The lowest BCUT2D eigenvalue weighted by Crippen LogP contribution is -2.50. The molecule has 1 N–H and O–H groups in total. The van der Waals surface area contributed by atoms with E-state index in [0.29, 0.717) is 31.7 Å². The van der Waals surface area contributed by atoms with Gasteiger partial charge in [-0.2, -0.15) is 14.6 Å². The summed E-state index contributed by atoms with van der Waals surface area (Å²) < 4.78 is 16.7. The zero-order valence-corrected chi connectivity index (χ0v) is 15.2. The van der Waals surface area contributed by atoms with Crippen molar-refractivity contribution >= 4 is 17.5 Å². The first-order valence-corrected chi connectivity index (χ1v) is 8.58. The summed E-state index contributed by atoms with van der Waals surface area (Å²) >= 11 is 0. The summed E-state index contributed by atoms with van der Waals surface area (Å²) in [6.45, 7) is 8.55. The van der Waals surface area contributed by atoms with Gasteiger partial charge >= 0.3 is 0 Å². The number of fused-ring (bicyclic) bond motifs is 1. The predicted molar refractivity (Wildman–Crippen MR) is 93.3 cm³/mol. The maximum absolute atomic E-state index is 15.1. The number of carbonyl (C=O) groups is 1. The van der Waals surface area contributed by atoms with Crippen LogP contribution < -0.4 is 10.2 Å². The number of piperidine rings is 1. The second kappa shape index (κ2) is 6.24. The van der Waals surface area contributed by atoms with E-state index >= 15 is 4.39 Å². The molecule has 8 heteroatoms. The molecule has 0 radical (unpaired) electrons. The van der Waals surface area contributed by atoms with E-state index in [4.69, 9.17) is 0 Å². The van der Waals surface area contributed by atoms with E-state index in [-0.39, 0.29) is 12.5 Å². The van der Waals surface area contributed by atoms with E-state index < -0.39 is 11.1 Å². The Morgan fingerprint density at radius 2 is 2.04 bits per heavy atom. The standard InChI is InChI=1S/C17H25FN6O/c1-12-9-13(24-15(22-12)20-11-21-24)23-7-5-17(18,6-8-23)10-19-14(25)16(2,3)4/h9,11H,5-8,10H2,1-4H3,(H,19,25). The second-order valence-corrected chi connectivity index (χ2v) is 7.80. The molecule has 0 spiro atoms. The van der Waals surface area contributed by atoms with E-state index in [0.717, 1.165) is 11.5 Å². The Hall–Kier alpha value is -2.25. The number of rotatable bonds is 3.